The first-order valence-corrected chi connectivity index (χ1v) is 7.26. The van der Waals surface area contributed by atoms with Crippen molar-refractivity contribution in [2.24, 2.45) is 0 Å². The van der Waals surface area contributed by atoms with Gasteiger partial charge >= 0.3 is 0 Å². The van der Waals surface area contributed by atoms with Crippen LogP contribution in [0.1, 0.15) is 5.56 Å². The van der Waals surface area contributed by atoms with Crippen molar-refractivity contribution in [3.05, 3.63) is 61.5 Å². The number of anilines is 1. The van der Waals surface area contributed by atoms with Crippen molar-refractivity contribution >= 4 is 49.1 Å². The molecule has 2 aromatic rings. The molecule has 1 nitrogen and oxygen atoms in total. The van der Waals surface area contributed by atoms with Crippen LogP contribution in [0.3, 0.4) is 0 Å². The lowest BCUT2D eigenvalue weighted by Crippen LogP contribution is -2.02. The summed E-state index contributed by atoms with van der Waals surface area (Å²) in [5.74, 6) is -0.752. The van der Waals surface area contributed by atoms with Gasteiger partial charge in [-0.15, -0.1) is 0 Å². The topological polar surface area (TPSA) is 12.0 Å². The van der Waals surface area contributed by atoms with Crippen LogP contribution in [-0.4, -0.2) is 0 Å². The summed E-state index contributed by atoms with van der Waals surface area (Å²) in [6, 6.07) is 7.31. The molecule has 6 heteroatoms. The highest BCUT2D eigenvalue weighted by Gasteiger charge is 2.10. The first kappa shape index (κ1) is 14.8. The van der Waals surface area contributed by atoms with Crippen molar-refractivity contribution in [3.63, 3.8) is 0 Å². The minimum absolute atomic E-state index is 0.263. The summed E-state index contributed by atoms with van der Waals surface area (Å²) >= 11 is 12.4. The molecule has 0 aliphatic carbocycles. The third-order valence-corrected chi connectivity index (χ3v) is 4.31. The van der Waals surface area contributed by atoms with Crippen LogP contribution in [0.4, 0.5) is 14.5 Å². The van der Waals surface area contributed by atoms with Gasteiger partial charge in [0.05, 0.1) is 15.2 Å². The van der Waals surface area contributed by atoms with E-state index in [1.54, 1.807) is 12.1 Å². The van der Waals surface area contributed by atoms with Crippen LogP contribution in [0.25, 0.3) is 0 Å². The average Bonchev–Trinajstić information content (AvgIpc) is 2.33. The lowest BCUT2D eigenvalue weighted by atomic mass is 10.2. The molecule has 0 unspecified atom stereocenters. The van der Waals surface area contributed by atoms with E-state index in [0.29, 0.717) is 21.2 Å². The van der Waals surface area contributed by atoms with Crippen molar-refractivity contribution < 1.29 is 8.78 Å². The molecule has 19 heavy (non-hydrogen) atoms. The Morgan fingerprint density at radius 1 is 1.16 bits per heavy atom. The molecule has 0 amide bonds. The Labute approximate surface area is 131 Å². The number of benzene rings is 2. The van der Waals surface area contributed by atoms with Gasteiger partial charge in [-0.3, -0.25) is 0 Å². The molecule has 0 saturated heterocycles. The maximum Gasteiger partial charge on any atom is 0.137 e. The molecule has 2 aromatic carbocycles. The summed E-state index contributed by atoms with van der Waals surface area (Å²) < 4.78 is 27.4. The minimum Gasteiger partial charge on any atom is -0.379 e. The molecule has 0 atom stereocenters. The van der Waals surface area contributed by atoms with Gasteiger partial charge in [-0.2, -0.15) is 0 Å². The number of hydrogen-bond donors (Lipinski definition) is 1. The number of rotatable bonds is 3. The van der Waals surface area contributed by atoms with Gasteiger partial charge in [-0.1, -0.05) is 23.7 Å². The fourth-order valence-corrected chi connectivity index (χ4v) is 2.94. The van der Waals surface area contributed by atoms with Gasteiger partial charge in [0.2, 0.25) is 0 Å². The van der Waals surface area contributed by atoms with Crippen LogP contribution in [0.15, 0.2) is 39.3 Å². The maximum atomic E-state index is 13.4. The van der Waals surface area contributed by atoms with E-state index in [4.69, 9.17) is 11.6 Å². The van der Waals surface area contributed by atoms with Gasteiger partial charge < -0.3 is 5.32 Å². The zero-order valence-electron chi connectivity index (χ0n) is 9.48. The largest absolute Gasteiger partial charge is 0.379 e. The Hall–Kier alpha value is -0.650. The van der Waals surface area contributed by atoms with E-state index < -0.39 is 5.82 Å². The highest BCUT2D eigenvalue weighted by atomic mass is 79.9. The normalized spacial score (nSPS) is 10.6. The first-order chi connectivity index (χ1) is 8.99. The average molecular weight is 411 g/mol. The van der Waals surface area contributed by atoms with Gasteiger partial charge in [0.25, 0.3) is 0 Å². The van der Waals surface area contributed by atoms with E-state index in [0.717, 1.165) is 5.56 Å². The molecule has 0 aromatic heterocycles. The molecule has 0 bridgehead atoms. The van der Waals surface area contributed by atoms with E-state index in [2.05, 4.69) is 37.2 Å². The SMILES string of the molecule is Fc1cc(Cl)c(NCc2cccc(F)c2Br)c(Br)c1. The zero-order chi connectivity index (χ0) is 14.0. The molecule has 0 aliphatic rings. The molecular weight excluding hydrogens is 403 g/mol. The minimum atomic E-state index is -0.422. The van der Waals surface area contributed by atoms with E-state index in [9.17, 15) is 8.78 Å². The van der Waals surface area contributed by atoms with E-state index in [1.807, 2.05) is 0 Å². The Kier molecular flexibility index (Phi) is 4.81. The van der Waals surface area contributed by atoms with Crippen molar-refractivity contribution in [1.29, 1.82) is 0 Å². The fraction of sp³-hybridized carbons (Fsp3) is 0.0769. The second-order valence-corrected chi connectivity index (χ2v) is 5.87. The zero-order valence-corrected chi connectivity index (χ0v) is 13.4. The van der Waals surface area contributed by atoms with E-state index >= 15 is 0 Å². The summed E-state index contributed by atoms with van der Waals surface area (Å²) in [6.07, 6.45) is 0. The van der Waals surface area contributed by atoms with Crippen LogP contribution >= 0.6 is 43.5 Å². The maximum absolute atomic E-state index is 13.4. The molecule has 0 saturated carbocycles. The standard InChI is InChI=1S/C13H8Br2ClF2N/c14-9-4-8(17)5-10(16)13(9)19-6-7-2-1-3-11(18)12(7)15/h1-5,19H,6H2. The molecule has 0 aliphatic heterocycles. The van der Waals surface area contributed by atoms with Gasteiger partial charge in [-0.05, 0) is 55.6 Å². The number of nitrogens with one attached hydrogen (secondary N) is 1. The van der Waals surface area contributed by atoms with Gasteiger partial charge in [0, 0.05) is 11.0 Å². The molecule has 100 valence electrons. The molecule has 0 heterocycles. The molecular formula is C13H8Br2ClF2N. The van der Waals surface area contributed by atoms with Crippen molar-refractivity contribution in [3.8, 4) is 0 Å². The van der Waals surface area contributed by atoms with Crippen LogP contribution in [0.2, 0.25) is 5.02 Å². The van der Waals surface area contributed by atoms with Crippen LogP contribution in [0.5, 0.6) is 0 Å². The molecule has 0 fully saturated rings. The monoisotopic (exact) mass is 409 g/mol. The summed E-state index contributed by atoms with van der Waals surface area (Å²) in [5, 5.41) is 3.31. The van der Waals surface area contributed by atoms with Crippen LogP contribution < -0.4 is 5.32 Å². The second-order valence-electron chi connectivity index (χ2n) is 3.81. The second kappa shape index (κ2) is 6.20. The Bertz CT molecular complexity index is 597. The Morgan fingerprint density at radius 3 is 2.58 bits per heavy atom. The lowest BCUT2D eigenvalue weighted by molar-refractivity contribution is 0.618. The van der Waals surface area contributed by atoms with Crippen LogP contribution in [0, 0.1) is 11.6 Å². The van der Waals surface area contributed by atoms with Crippen molar-refractivity contribution in [1.82, 2.24) is 0 Å². The lowest BCUT2D eigenvalue weighted by Gasteiger charge is -2.12. The predicted molar refractivity (Wildman–Crippen MR) is 80.5 cm³/mol. The van der Waals surface area contributed by atoms with Crippen molar-refractivity contribution in [2.45, 2.75) is 6.54 Å². The smallest absolute Gasteiger partial charge is 0.137 e. The number of hydrogen-bond acceptors (Lipinski definition) is 1. The molecule has 2 rings (SSSR count). The van der Waals surface area contributed by atoms with Crippen molar-refractivity contribution in [2.75, 3.05) is 5.32 Å². The van der Waals surface area contributed by atoms with Gasteiger partial charge in [-0.25, -0.2) is 8.78 Å². The summed E-state index contributed by atoms with van der Waals surface area (Å²) in [7, 11) is 0. The third-order valence-electron chi connectivity index (χ3n) is 2.49. The van der Waals surface area contributed by atoms with E-state index in [1.165, 1.54) is 18.2 Å². The quantitative estimate of drug-likeness (QED) is 0.678. The molecule has 0 spiro atoms. The predicted octanol–water partition coefficient (Wildman–Crippen LogP) is 5.76. The van der Waals surface area contributed by atoms with Gasteiger partial charge in [0.15, 0.2) is 0 Å². The van der Waals surface area contributed by atoms with Gasteiger partial charge in [0.1, 0.15) is 11.6 Å². The number of halogens is 5. The Morgan fingerprint density at radius 2 is 1.89 bits per heavy atom. The Balaban J connectivity index is 2.22. The van der Waals surface area contributed by atoms with E-state index in [-0.39, 0.29) is 10.8 Å². The summed E-state index contributed by atoms with van der Waals surface area (Å²) in [5.41, 5.74) is 1.31. The fourth-order valence-electron chi connectivity index (χ4n) is 1.58. The third kappa shape index (κ3) is 3.46. The summed E-state index contributed by atoms with van der Waals surface area (Å²) in [6.45, 7) is 0.363. The van der Waals surface area contributed by atoms with Crippen LogP contribution in [-0.2, 0) is 6.54 Å². The molecule has 0 radical (unpaired) electrons. The molecule has 1 N–H and O–H groups in total. The first-order valence-electron chi connectivity index (χ1n) is 5.30. The highest BCUT2D eigenvalue weighted by Crippen LogP contribution is 2.32. The highest BCUT2D eigenvalue weighted by molar-refractivity contribution is 9.11. The summed E-state index contributed by atoms with van der Waals surface area (Å²) in [4.78, 5) is 0.